The molecule has 1 heteroatoms. The van der Waals surface area contributed by atoms with E-state index in [-0.39, 0.29) is 0 Å². The van der Waals surface area contributed by atoms with Crippen molar-refractivity contribution < 1.29 is 0 Å². The van der Waals surface area contributed by atoms with E-state index in [9.17, 15) is 0 Å². The van der Waals surface area contributed by atoms with Gasteiger partial charge in [-0.3, -0.25) is 0 Å². The molecule has 2 rings (SSSR count). The highest BCUT2D eigenvalue weighted by atomic mass is 35.5. The highest BCUT2D eigenvalue weighted by molar-refractivity contribution is 6.20. The van der Waals surface area contributed by atoms with E-state index >= 15 is 0 Å². The van der Waals surface area contributed by atoms with E-state index in [2.05, 4.69) is 32.0 Å². The summed E-state index contributed by atoms with van der Waals surface area (Å²) in [6, 6.07) is 6.89. The molecule has 1 aliphatic rings. The van der Waals surface area contributed by atoms with Crippen LogP contribution < -0.4 is 0 Å². The molecule has 2 atom stereocenters. The van der Waals surface area contributed by atoms with Gasteiger partial charge in [-0.25, -0.2) is 0 Å². The Morgan fingerprint density at radius 1 is 1.07 bits per heavy atom. The molecule has 1 saturated carbocycles. The molecule has 0 radical (unpaired) electrons. The van der Waals surface area contributed by atoms with E-state index in [1.54, 1.807) is 0 Å². The van der Waals surface area contributed by atoms with Crippen LogP contribution in [0.3, 0.4) is 0 Å². The SMILES string of the molecule is Cc1cc(C)cc(C2CCCC(Cl)C2)c1. The van der Waals surface area contributed by atoms with Gasteiger partial charge < -0.3 is 0 Å². The number of alkyl halides is 1. The third-order valence-electron chi connectivity index (χ3n) is 3.33. The van der Waals surface area contributed by atoms with Crippen molar-refractivity contribution in [2.45, 2.75) is 50.8 Å². The minimum absolute atomic E-state index is 0.393. The number of hydrogen-bond donors (Lipinski definition) is 0. The van der Waals surface area contributed by atoms with Crippen molar-refractivity contribution in [1.82, 2.24) is 0 Å². The zero-order valence-electron chi connectivity index (χ0n) is 9.59. The first-order valence-corrected chi connectivity index (χ1v) is 6.31. The van der Waals surface area contributed by atoms with Crippen LogP contribution in [0, 0.1) is 13.8 Å². The summed E-state index contributed by atoms with van der Waals surface area (Å²) in [6.45, 7) is 4.36. The smallest absolute Gasteiger partial charge is 0.0341 e. The summed E-state index contributed by atoms with van der Waals surface area (Å²) in [4.78, 5) is 0. The molecule has 2 unspecified atom stereocenters. The van der Waals surface area contributed by atoms with E-state index in [1.165, 1.54) is 36.0 Å². The lowest BCUT2D eigenvalue weighted by atomic mass is 9.83. The molecule has 0 N–H and O–H groups in total. The Morgan fingerprint density at radius 2 is 1.73 bits per heavy atom. The van der Waals surface area contributed by atoms with Crippen molar-refractivity contribution in [1.29, 1.82) is 0 Å². The van der Waals surface area contributed by atoms with Crippen LogP contribution in [0.1, 0.15) is 48.3 Å². The number of hydrogen-bond acceptors (Lipinski definition) is 0. The van der Waals surface area contributed by atoms with Crippen LogP contribution in [0.15, 0.2) is 18.2 Å². The Hall–Kier alpha value is -0.490. The van der Waals surface area contributed by atoms with E-state index in [4.69, 9.17) is 11.6 Å². The van der Waals surface area contributed by atoms with Crippen molar-refractivity contribution in [3.8, 4) is 0 Å². The third kappa shape index (κ3) is 2.75. The molecule has 0 aliphatic heterocycles. The zero-order valence-corrected chi connectivity index (χ0v) is 10.3. The normalized spacial score (nSPS) is 26.6. The maximum atomic E-state index is 6.24. The molecule has 82 valence electrons. The summed E-state index contributed by atoms with van der Waals surface area (Å²) in [5, 5.41) is 0.393. The number of halogens is 1. The Morgan fingerprint density at radius 3 is 2.33 bits per heavy atom. The fourth-order valence-corrected chi connectivity index (χ4v) is 3.05. The molecular formula is C14H19Cl. The lowest BCUT2D eigenvalue weighted by Crippen LogP contribution is -2.14. The summed E-state index contributed by atoms with van der Waals surface area (Å²) in [5.41, 5.74) is 4.25. The van der Waals surface area contributed by atoms with Gasteiger partial charge in [-0.05, 0) is 44.6 Å². The molecule has 0 saturated heterocycles. The molecule has 0 heterocycles. The molecule has 0 spiro atoms. The van der Waals surface area contributed by atoms with E-state index in [1.807, 2.05) is 0 Å². The van der Waals surface area contributed by atoms with E-state index < -0.39 is 0 Å². The van der Waals surface area contributed by atoms with Crippen molar-refractivity contribution in [2.75, 3.05) is 0 Å². The average Bonchev–Trinajstić information content (AvgIpc) is 2.16. The molecule has 0 bridgehead atoms. The van der Waals surface area contributed by atoms with Crippen molar-refractivity contribution in [3.63, 3.8) is 0 Å². The second-order valence-corrected chi connectivity index (χ2v) is 5.50. The van der Waals surface area contributed by atoms with Gasteiger partial charge in [0.25, 0.3) is 0 Å². The van der Waals surface area contributed by atoms with Crippen LogP contribution in [0.5, 0.6) is 0 Å². The van der Waals surface area contributed by atoms with Gasteiger partial charge in [-0.15, -0.1) is 11.6 Å². The molecule has 0 nitrogen and oxygen atoms in total. The molecule has 15 heavy (non-hydrogen) atoms. The lowest BCUT2D eigenvalue weighted by molar-refractivity contribution is 0.449. The number of aryl methyl sites for hydroxylation is 2. The standard InChI is InChI=1S/C14H19Cl/c1-10-6-11(2)8-13(7-10)12-4-3-5-14(15)9-12/h6-8,12,14H,3-5,9H2,1-2H3. The number of benzene rings is 1. The maximum Gasteiger partial charge on any atom is 0.0341 e. The van der Waals surface area contributed by atoms with E-state index in [0.717, 1.165) is 6.42 Å². The zero-order chi connectivity index (χ0) is 10.8. The highest BCUT2D eigenvalue weighted by Gasteiger charge is 2.21. The van der Waals surface area contributed by atoms with Crippen LogP contribution in [-0.4, -0.2) is 5.38 Å². The first-order chi connectivity index (χ1) is 7.15. The van der Waals surface area contributed by atoms with Crippen LogP contribution in [0.2, 0.25) is 0 Å². The first kappa shape index (κ1) is 11.0. The van der Waals surface area contributed by atoms with Gasteiger partial charge in [0.05, 0.1) is 0 Å². The molecule has 1 aromatic carbocycles. The van der Waals surface area contributed by atoms with Gasteiger partial charge in [0, 0.05) is 5.38 Å². The summed E-state index contributed by atoms with van der Waals surface area (Å²) >= 11 is 6.24. The third-order valence-corrected chi connectivity index (χ3v) is 3.72. The maximum absolute atomic E-state index is 6.24. The Labute approximate surface area is 97.6 Å². The van der Waals surface area contributed by atoms with E-state index in [0.29, 0.717) is 11.3 Å². The van der Waals surface area contributed by atoms with Crippen LogP contribution in [0.4, 0.5) is 0 Å². The van der Waals surface area contributed by atoms with Gasteiger partial charge in [0.1, 0.15) is 0 Å². The topological polar surface area (TPSA) is 0 Å². The summed E-state index contributed by atoms with van der Waals surface area (Å²) < 4.78 is 0. The predicted molar refractivity (Wildman–Crippen MR) is 66.8 cm³/mol. The molecule has 1 aliphatic carbocycles. The Balaban J connectivity index is 2.20. The van der Waals surface area contributed by atoms with Gasteiger partial charge >= 0.3 is 0 Å². The van der Waals surface area contributed by atoms with Gasteiger partial charge in [0.15, 0.2) is 0 Å². The average molecular weight is 223 g/mol. The fraction of sp³-hybridized carbons (Fsp3) is 0.571. The second-order valence-electron chi connectivity index (χ2n) is 4.88. The molecule has 0 aromatic heterocycles. The Bertz CT molecular complexity index is 323. The monoisotopic (exact) mass is 222 g/mol. The molecule has 1 aromatic rings. The predicted octanol–water partition coefficient (Wildman–Crippen LogP) is 4.57. The highest BCUT2D eigenvalue weighted by Crippen LogP contribution is 2.35. The number of rotatable bonds is 1. The van der Waals surface area contributed by atoms with Crippen molar-refractivity contribution in [3.05, 3.63) is 34.9 Å². The minimum Gasteiger partial charge on any atom is -0.123 e. The lowest BCUT2D eigenvalue weighted by Gasteiger charge is -2.26. The largest absolute Gasteiger partial charge is 0.123 e. The summed E-state index contributed by atoms with van der Waals surface area (Å²) in [5.74, 6) is 0.694. The fourth-order valence-electron chi connectivity index (χ4n) is 2.68. The molecular weight excluding hydrogens is 204 g/mol. The van der Waals surface area contributed by atoms with Crippen LogP contribution >= 0.6 is 11.6 Å². The van der Waals surface area contributed by atoms with Gasteiger partial charge in [-0.1, -0.05) is 35.7 Å². The summed E-state index contributed by atoms with van der Waals surface area (Å²) in [7, 11) is 0. The van der Waals surface area contributed by atoms with Crippen LogP contribution in [0.25, 0.3) is 0 Å². The van der Waals surface area contributed by atoms with Crippen LogP contribution in [-0.2, 0) is 0 Å². The van der Waals surface area contributed by atoms with Gasteiger partial charge in [0.2, 0.25) is 0 Å². The second kappa shape index (κ2) is 4.57. The quantitative estimate of drug-likeness (QED) is 0.611. The summed E-state index contributed by atoms with van der Waals surface area (Å²) in [6.07, 6.45) is 4.95. The first-order valence-electron chi connectivity index (χ1n) is 5.87. The van der Waals surface area contributed by atoms with Crippen molar-refractivity contribution in [2.24, 2.45) is 0 Å². The van der Waals surface area contributed by atoms with Crippen molar-refractivity contribution >= 4 is 11.6 Å². The molecule has 0 amide bonds. The Kier molecular flexibility index (Phi) is 3.35. The van der Waals surface area contributed by atoms with Gasteiger partial charge in [-0.2, -0.15) is 0 Å². The minimum atomic E-state index is 0.393. The molecule has 1 fully saturated rings.